The average molecular weight is 220 g/mol. The molecule has 0 aromatic heterocycles. The molecule has 0 fully saturated rings. The fourth-order valence-corrected chi connectivity index (χ4v) is 1.45. The highest BCUT2D eigenvalue weighted by Gasteiger charge is 2.00. The number of rotatable bonds is 5. The molecule has 0 aliphatic rings. The Kier molecular flexibility index (Phi) is 5.40. The van der Waals surface area contributed by atoms with Crippen molar-refractivity contribution in [3.63, 3.8) is 0 Å². The van der Waals surface area contributed by atoms with Crippen molar-refractivity contribution in [3.05, 3.63) is 35.9 Å². The van der Waals surface area contributed by atoms with Crippen molar-refractivity contribution in [1.82, 2.24) is 10.6 Å². The van der Waals surface area contributed by atoms with Gasteiger partial charge in [0.25, 0.3) is 0 Å². The van der Waals surface area contributed by atoms with Crippen LogP contribution in [0, 0.1) is 0 Å². The van der Waals surface area contributed by atoms with Crippen LogP contribution in [0.25, 0.3) is 0 Å². The van der Waals surface area contributed by atoms with Crippen molar-refractivity contribution < 1.29 is 4.79 Å². The van der Waals surface area contributed by atoms with Crippen molar-refractivity contribution in [3.8, 4) is 0 Å². The number of carbonyl (C=O) groups is 1. The normalized spacial score (nSPS) is 10.2. The smallest absolute Gasteiger partial charge is 0.314 e. The van der Waals surface area contributed by atoms with Crippen molar-refractivity contribution in [2.24, 2.45) is 0 Å². The minimum Gasteiger partial charge on any atom is -0.338 e. The van der Waals surface area contributed by atoms with Gasteiger partial charge in [-0.25, -0.2) is 4.79 Å². The first-order chi connectivity index (χ1) is 7.68. The highest BCUT2D eigenvalue weighted by Crippen LogP contribution is 2.01. The van der Waals surface area contributed by atoms with Gasteiger partial charge in [0.05, 0.1) is 0 Å². The highest BCUT2D eigenvalue weighted by atomic mass is 16.2. The van der Waals surface area contributed by atoms with Crippen LogP contribution in [0.2, 0.25) is 0 Å². The minimum absolute atomic E-state index is 0.0805. The molecule has 0 bridgehead atoms. The summed E-state index contributed by atoms with van der Waals surface area (Å²) in [5.41, 5.74) is 1.31. The van der Waals surface area contributed by atoms with Crippen LogP contribution in [0.4, 0.5) is 4.79 Å². The topological polar surface area (TPSA) is 41.1 Å². The van der Waals surface area contributed by atoms with Crippen molar-refractivity contribution in [2.45, 2.75) is 32.7 Å². The molecule has 0 spiro atoms. The number of aryl methyl sites for hydroxylation is 1. The van der Waals surface area contributed by atoms with Crippen molar-refractivity contribution in [1.29, 1.82) is 0 Å². The van der Waals surface area contributed by atoms with E-state index in [0.29, 0.717) is 6.54 Å². The van der Waals surface area contributed by atoms with E-state index < -0.39 is 0 Å². The van der Waals surface area contributed by atoms with E-state index in [-0.39, 0.29) is 12.1 Å². The van der Waals surface area contributed by atoms with Gasteiger partial charge in [-0.05, 0) is 32.3 Å². The van der Waals surface area contributed by atoms with E-state index >= 15 is 0 Å². The zero-order valence-corrected chi connectivity index (χ0v) is 9.99. The first-order valence-corrected chi connectivity index (χ1v) is 5.77. The molecule has 3 nitrogen and oxygen atoms in total. The Morgan fingerprint density at radius 3 is 2.56 bits per heavy atom. The summed E-state index contributed by atoms with van der Waals surface area (Å²) in [7, 11) is 0. The molecule has 0 aliphatic carbocycles. The zero-order chi connectivity index (χ0) is 11.8. The number of urea groups is 1. The molecule has 88 valence electrons. The van der Waals surface area contributed by atoms with Gasteiger partial charge in [0.15, 0.2) is 0 Å². The van der Waals surface area contributed by atoms with Crippen LogP contribution in [0.15, 0.2) is 30.3 Å². The summed E-state index contributed by atoms with van der Waals surface area (Å²) in [5.74, 6) is 0. The number of amides is 2. The predicted octanol–water partition coefficient (Wildman–Crippen LogP) is 2.33. The van der Waals surface area contributed by atoms with Crippen molar-refractivity contribution in [2.75, 3.05) is 6.54 Å². The monoisotopic (exact) mass is 220 g/mol. The van der Waals surface area contributed by atoms with Crippen LogP contribution in [-0.4, -0.2) is 18.6 Å². The largest absolute Gasteiger partial charge is 0.338 e. The molecule has 0 radical (unpaired) electrons. The van der Waals surface area contributed by atoms with Gasteiger partial charge >= 0.3 is 6.03 Å². The van der Waals surface area contributed by atoms with Gasteiger partial charge in [-0.3, -0.25) is 0 Å². The Morgan fingerprint density at radius 2 is 1.94 bits per heavy atom. The van der Waals surface area contributed by atoms with Gasteiger partial charge in [0.2, 0.25) is 0 Å². The number of nitrogens with one attached hydrogen (secondary N) is 2. The fourth-order valence-electron chi connectivity index (χ4n) is 1.45. The van der Waals surface area contributed by atoms with Gasteiger partial charge in [0.1, 0.15) is 0 Å². The van der Waals surface area contributed by atoms with Gasteiger partial charge < -0.3 is 10.6 Å². The van der Waals surface area contributed by atoms with Crippen molar-refractivity contribution >= 4 is 6.03 Å². The third kappa shape index (κ3) is 5.39. The third-order valence-corrected chi connectivity index (χ3v) is 2.19. The lowest BCUT2D eigenvalue weighted by molar-refractivity contribution is 0.238. The second kappa shape index (κ2) is 6.88. The molecule has 1 aromatic rings. The predicted molar refractivity (Wildman–Crippen MR) is 66.4 cm³/mol. The molecule has 0 atom stereocenters. The second-order valence-electron chi connectivity index (χ2n) is 4.14. The molecule has 0 saturated heterocycles. The zero-order valence-electron chi connectivity index (χ0n) is 9.99. The number of benzene rings is 1. The summed E-state index contributed by atoms with van der Waals surface area (Å²) in [6, 6.07) is 10.4. The van der Waals surface area contributed by atoms with Gasteiger partial charge in [-0.15, -0.1) is 0 Å². The SMILES string of the molecule is CC(C)NC(=O)NCCCc1ccccc1. The lowest BCUT2D eigenvalue weighted by atomic mass is 10.1. The maximum atomic E-state index is 11.2. The van der Waals surface area contributed by atoms with Crippen LogP contribution in [-0.2, 0) is 6.42 Å². The summed E-state index contributed by atoms with van der Waals surface area (Å²) < 4.78 is 0. The molecular formula is C13H20N2O. The summed E-state index contributed by atoms with van der Waals surface area (Å²) in [6.07, 6.45) is 1.97. The molecule has 0 saturated carbocycles. The molecule has 2 N–H and O–H groups in total. The number of carbonyl (C=O) groups excluding carboxylic acids is 1. The lowest BCUT2D eigenvalue weighted by Crippen LogP contribution is -2.39. The highest BCUT2D eigenvalue weighted by molar-refractivity contribution is 5.73. The molecule has 16 heavy (non-hydrogen) atoms. The Morgan fingerprint density at radius 1 is 1.25 bits per heavy atom. The van der Waals surface area contributed by atoms with E-state index in [2.05, 4.69) is 22.8 Å². The van der Waals surface area contributed by atoms with Gasteiger partial charge in [-0.2, -0.15) is 0 Å². The average Bonchev–Trinajstić information content (AvgIpc) is 2.25. The molecule has 1 rings (SSSR count). The van der Waals surface area contributed by atoms with E-state index in [0.717, 1.165) is 12.8 Å². The maximum Gasteiger partial charge on any atom is 0.314 e. The first-order valence-electron chi connectivity index (χ1n) is 5.77. The Labute approximate surface area is 97.2 Å². The first kappa shape index (κ1) is 12.6. The fraction of sp³-hybridized carbons (Fsp3) is 0.462. The maximum absolute atomic E-state index is 11.2. The lowest BCUT2D eigenvalue weighted by Gasteiger charge is -2.09. The third-order valence-electron chi connectivity index (χ3n) is 2.19. The summed E-state index contributed by atoms with van der Waals surface area (Å²) >= 11 is 0. The molecule has 0 heterocycles. The number of hydrogen-bond donors (Lipinski definition) is 2. The van der Waals surface area contributed by atoms with Crippen LogP contribution in [0.1, 0.15) is 25.8 Å². The van der Waals surface area contributed by atoms with Crippen LogP contribution in [0.5, 0.6) is 0 Å². The summed E-state index contributed by atoms with van der Waals surface area (Å²) in [5, 5.41) is 5.63. The minimum atomic E-state index is -0.0805. The Bertz CT molecular complexity index is 309. The van der Waals surface area contributed by atoms with E-state index in [1.807, 2.05) is 32.0 Å². The summed E-state index contributed by atoms with van der Waals surface area (Å²) in [4.78, 5) is 11.2. The van der Waals surface area contributed by atoms with Crippen LogP contribution < -0.4 is 10.6 Å². The molecular weight excluding hydrogens is 200 g/mol. The van der Waals surface area contributed by atoms with E-state index in [1.54, 1.807) is 0 Å². The quantitative estimate of drug-likeness (QED) is 0.735. The van der Waals surface area contributed by atoms with Crippen LogP contribution in [0.3, 0.4) is 0 Å². The molecule has 3 heteroatoms. The second-order valence-corrected chi connectivity index (χ2v) is 4.14. The van der Waals surface area contributed by atoms with Gasteiger partial charge in [0, 0.05) is 12.6 Å². The van der Waals surface area contributed by atoms with Gasteiger partial charge in [-0.1, -0.05) is 30.3 Å². The van der Waals surface area contributed by atoms with E-state index in [4.69, 9.17) is 0 Å². The molecule has 0 aliphatic heterocycles. The number of hydrogen-bond acceptors (Lipinski definition) is 1. The molecule has 0 unspecified atom stereocenters. The standard InChI is InChI=1S/C13H20N2O/c1-11(2)15-13(16)14-10-6-9-12-7-4-3-5-8-12/h3-5,7-8,11H,6,9-10H2,1-2H3,(H2,14,15,16). The molecule has 1 aromatic carbocycles. The van der Waals surface area contributed by atoms with E-state index in [9.17, 15) is 4.79 Å². The van der Waals surface area contributed by atoms with Crippen LogP contribution >= 0.6 is 0 Å². The molecule has 2 amide bonds. The van der Waals surface area contributed by atoms with E-state index in [1.165, 1.54) is 5.56 Å². The summed E-state index contributed by atoms with van der Waals surface area (Å²) in [6.45, 7) is 4.61. The Balaban J connectivity index is 2.10. The Hall–Kier alpha value is -1.51.